The molecule has 0 aliphatic heterocycles. The normalized spacial score (nSPS) is 19.4. The Labute approximate surface area is 129 Å². The Balaban J connectivity index is 1.98. The van der Waals surface area contributed by atoms with Gasteiger partial charge in [0.05, 0.1) is 21.2 Å². The zero-order valence-corrected chi connectivity index (χ0v) is 13.7. The maximum atomic E-state index is 12.6. The topological polar surface area (TPSA) is 90.6 Å². The number of hydrogen-bond acceptors (Lipinski definition) is 4. The van der Waals surface area contributed by atoms with Crippen LogP contribution in [0.3, 0.4) is 0 Å². The molecule has 0 spiro atoms. The summed E-state index contributed by atoms with van der Waals surface area (Å²) in [6, 6.07) is 1.90. The molecule has 0 amide bonds. The third-order valence-electron chi connectivity index (χ3n) is 3.86. The fourth-order valence-corrected chi connectivity index (χ4v) is 3.86. The van der Waals surface area contributed by atoms with Crippen molar-refractivity contribution >= 4 is 26.7 Å². The maximum absolute atomic E-state index is 12.6. The first kappa shape index (κ1) is 14.9. The summed E-state index contributed by atoms with van der Waals surface area (Å²) in [5, 5.41) is 10.7. The van der Waals surface area contributed by atoms with E-state index in [2.05, 4.69) is 20.5 Å². The van der Waals surface area contributed by atoms with Crippen molar-refractivity contribution in [1.82, 2.24) is 15.2 Å². The van der Waals surface area contributed by atoms with Crippen LogP contribution in [-0.4, -0.2) is 28.8 Å². The largest absolute Gasteiger partial charge is 0.345 e. The van der Waals surface area contributed by atoms with Crippen molar-refractivity contribution < 1.29 is 8.42 Å². The molecule has 0 radical (unpaired) electrons. The van der Waals surface area contributed by atoms with Crippen LogP contribution in [-0.2, 0) is 9.84 Å². The summed E-state index contributed by atoms with van der Waals surface area (Å²) in [4.78, 5) is 3.38. The van der Waals surface area contributed by atoms with Crippen molar-refractivity contribution in [3.63, 3.8) is 0 Å². The Morgan fingerprint density at radius 3 is 2.91 bits per heavy atom. The van der Waals surface area contributed by atoms with Crippen molar-refractivity contribution in [1.29, 1.82) is 0 Å². The number of aromatic nitrogens is 3. The second kappa shape index (κ2) is 5.31. The first-order chi connectivity index (χ1) is 10.4. The lowest BCUT2D eigenvalue weighted by atomic mass is 10.0. The summed E-state index contributed by atoms with van der Waals surface area (Å²) in [7, 11) is -3.34. The Hall–Kier alpha value is -2.02. The average molecular weight is 320 g/mol. The molecule has 7 heteroatoms. The van der Waals surface area contributed by atoms with E-state index in [1.165, 1.54) is 0 Å². The maximum Gasteiger partial charge on any atom is 0.182 e. The van der Waals surface area contributed by atoms with Gasteiger partial charge in [-0.05, 0) is 32.3 Å². The van der Waals surface area contributed by atoms with Crippen molar-refractivity contribution in [2.24, 2.45) is 5.92 Å². The number of allylic oxidation sites excluding steroid dienone is 2. The molecule has 3 rings (SSSR count). The van der Waals surface area contributed by atoms with E-state index >= 15 is 0 Å². The molecule has 6 nitrogen and oxygen atoms in total. The number of sulfone groups is 1. The van der Waals surface area contributed by atoms with Crippen LogP contribution >= 0.6 is 0 Å². The summed E-state index contributed by atoms with van der Waals surface area (Å²) in [6.07, 6.45) is 6.39. The van der Waals surface area contributed by atoms with E-state index in [1.54, 1.807) is 20.0 Å². The summed E-state index contributed by atoms with van der Waals surface area (Å²) in [5.74, 6) is 0.907. The molecule has 1 aliphatic rings. The van der Waals surface area contributed by atoms with Crippen LogP contribution in [0.1, 0.15) is 27.2 Å². The number of rotatable bonds is 4. The van der Waals surface area contributed by atoms with Gasteiger partial charge in [0, 0.05) is 6.20 Å². The van der Waals surface area contributed by atoms with Gasteiger partial charge in [0.2, 0.25) is 0 Å². The Kier molecular flexibility index (Phi) is 3.60. The van der Waals surface area contributed by atoms with Gasteiger partial charge in [0.1, 0.15) is 5.82 Å². The van der Waals surface area contributed by atoms with E-state index in [0.717, 1.165) is 17.5 Å². The highest BCUT2D eigenvalue weighted by molar-refractivity contribution is 7.96. The SMILES string of the molecule is CC1C=C(S(=O)(=O)C(C)C)C(Nc2[nH]nc3[nH]ccc23)=CC1. The van der Waals surface area contributed by atoms with Crippen molar-refractivity contribution in [2.45, 2.75) is 32.4 Å². The second-order valence-electron chi connectivity index (χ2n) is 5.92. The summed E-state index contributed by atoms with van der Waals surface area (Å²) >= 11 is 0. The van der Waals surface area contributed by atoms with Crippen molar-refractivity contribution in [3.8, 4) is 0 Å². The van der Waals surface area contributed by atoms with Gasteiger partial charge in [0.15, 0.2) is 15.5 Å². The molecule has 0 bridgehead atoms. The van der Waals surface area contributed by atoms with E-state index in [0.29, 0.717) is 16.4 Å². The third-order valence-corrected chi connectivity index (χ3v) is 6.07. The standard InChI is InChI=1S/C15H20N4O2S/c1-9(2)22(20,21)13-8-10(3)4-5-12(13)17-15-11-6-7-16-14(11)18-19-15/h5-10H,4H2,1-3H3,(H3,16,17,18,19). The highest BCUT2D eigenvalue weighted by atomic mass is 32.2. The fourth-order valence-electron chi connectivity index (χ4n) is 2.49. The lowest BCUT2D eigenvalue weighted by molar-refractivity contribution is 0.592. The van der Waals surface area contributed by atoms with Crippen LogP contribution in [0.2, 0.25) is 0 Å². The number of nitrogens with one attached hydrogen (secondary N) is 3. The smallest absolute Gasteiger partial charge is 0.182 e. The number of anilines is 1. The van der Waals surface area contributed by atoms with Gasteiger partial charge < -0.3 is 10.3 Å². The zero-order valence-electron chi connectivity index (χ0n) is 12.8. The predicted molar refractivity (Wildman–Crippen MR) is 88.1 cm³/mol. The molecule has 2 aromatic rings. The van der Waals surface area contributed by atoms with Crippen molar-refractivity contribution in [2.75, 3.05) is 5.32 Å². The van der Waals surface area contributed by atoms with E-state index < -0.39 is 15.1 Å². The van der Waals surface area contributed by atoms with Gasteiger partial charge in [-0.1, -0.05) is 19.1 Å². The molecule has 0 fully saturated rings. The van der Waals surface area contributed by atoms with E-state index in [9.17, 15) is 8.42 Å². The Morgan fingerprint density at radius 2 is 2.18 bits per heavy atom. The van der Waals surface area contributed by atoms with Gasteiger partial charge in [0.25, 0.3) is 0 Å². The molecule has 0 saturated carbocycles. The number of H-pyrrole nitrogens is 2. The fraction of sp³-hybridized carbons (Fsp3) is 0.400. The first-order valence-corrected chi connectivity index (χ1v) is 8.89. The van der Waals surface area contributed by atoms with Gasteiger partial charge in [-0.2, -0.15) is 5.10 Å². The summed E-state index contributed by atoms with van der Waals surface area (Å²) in [5.41, 5.74) is 1.36. The van der Waals surface area contributed by atoms with E-state index in [4.69, 9.17) is 0 Å². The molecular weight excluding hydrogens is 300 g/mol. The highest BCUT2D eigenvalue weighted by Gasteiger charge is 2.28. The van der Waals surface area contributed by atoms with Crippen LogP contribution in [0.15, 0.2) is 35.0 Å². The lowest BCUT2D eigenvalue weighted by Gasteiger charge is -2.22. The molecule has 22 heavy (non-hydrogen) atoms. The summed E-state index contributed by atoms with van der Waals surface area (Å²) < 4.78 is 25.2. The Morgan fingerprint density at radius 1 is 1.41 bits per heavy atom. The molecule has 1 unspecified atom stereocenters. The minimum absolute atomic E-state index is 0.211. The highest BCUT2D eigenvalue weighted by Crippen LogP contribution is 2.31. The number of fused-ring (bicyclic) bond motifs is 1. The van der Waals surface area contributed by atoms with Crippen LogP contribution < -0.4 is 5.32 Å². The molecule has 0 aromatic carbocycles. The van der Waals surface area contributed by atoms with Gasteiger partial charge >= 0.3 is 0 Å². The van der Waals surface area contributed by atoms with Crippen LogP contribution in [0.25, 0.3) is 11.0 Å². The monoisotopic (exact) mass is 320 g/mol. The molecule has 2 heterocycles. The number of hydrogen-bond donors (Lipinski definition) is 3. The average Bonchev–Trinajstić information content (AvgIpc) is 3.05. The quantitative estimate of drug-likeness (QED) is 0.808. The minimum Gasteiger partial charge on any atom is -0.345 e. The molecular formula is C15H20N4O2S. The Bertz CT molecular complexity index is 855. The zero-order chi connectivity index (χ0) is 15.9. The van der Waals surface area contributed by atoms with Crippen LogP contribution in [0, 0.1) is 5.92 Å². The second-order valence-corrected chi connectivity index (χ2v) is 8.39. The molecule has 1 atom stereocenters. The molecule has 118 valence electrons. The van der Waals surface area contributed by atoms with Crippen molar-refractivity contribution in [3.05, 3.63) is 35.0 Å². The number of aromatic amines is 2. The number of nitrogens with zero attached hydrogens (tertiary/aromatic N) is 1. The molecule has 1 aliphatic carbocycles. The first-order valence-electron chi connectivity index (χ1n) is 7.34. The molecule has 2 aromatic heterocycles. The predicted octanol–water partition coefficient (Wildman–Crippen LogP) is 2.93. The minimum atomic E-state index is -3.34. The van der Waals surface area contributed by atoms with Crippen LogP contribution in [0.5, 0.6) is 0 Å². The van der Waals surface area contributed by atoms with E-state index in [1.807, 2.05) is 25.1 Å². The summed E-state index contributed by atoms with van der Waals surface area (Å²) in [6.45, 7) is 5.42. The van der Waals surface area contributed by atoms with E-state index in [-0.39, 0.29) is 5.92 Å². The van der Waals surface area contributed by atoms with Gasteiger partial charge in [-0.15, -0.1) is 0 Å². The van der Waals surface area contributed by atoms with Crippen LogP contribution in [0.4, 0.5) is 5.82 Å². The lowest BCUT2D eigenvalue weighted by Crippen LogP contribution is -2.22. The van der Waals surface area contributed by atoms with Gasteiger partial charge in [-0.3, -0.25) is 5.10 Å². The van der Waals surface area contributed by atoms with Gasteiger partial charge in [-0.25, -0.2) is 8.42 Å². The third kappa shape index (κ3) is 2.45. The molecule has 0 saturated heterocycles. The molecule has 3 N–H and O–H groups in total.